The fourth-order valence-corrected chi connectivity index (χ4v) is 1.89. The van der Waals surface area contributed by atoms with Crippen LogP contribution < -0.4 is 10.1 Å². The van der Waals surface area contributed by atoms with Crippen LogP contribution in [0.2, 0.25) is 0 Å². The monoisotopic (exact) mass is 291 g/mol. The standard InChI is InChI=1S/C17H22FNO2/c1-12-13(8-16(21-12)10-19-17(2,3)4)11-20-15-7-5-6-14(18)9-15/h5-9,19H,10-11H2,1-4H3. The maximum absolute atomic E-state index is 13.1. The number of rotatable bonds is 5. The fraction of sp³-hybridized carbons (Fsp3) is 0.412. The van der Waals surface area contributed by atoms with Crippen LogP contribution in [0.1, 0.15) is 37.9 Å². The molecule has 0 amide bonds. The van der Waals surface area contributed by atoms with Crippen LogP contribution in [0.15, 0.2) is 34.7 Å². The van der Waals surface area contributed by atoms with Crippen molar-refractivity contribution in [2.24, 2.45) is 0 Å². The molecule has 0 spiro atoms. The maximum atomic E-state index is 13.1. The highest BCUT2D eigenvalue weighted by molar-refractivity contribution is 5.25. The van der Waals surface area contributed by atoms with Gasteiger partial charge in [-0.15, -0.1) is 0 Å². The Bertz CT molecular complexity index is 599. The number of hydrogen-bond acceptors (Lipinski definition) is 3. The Hall–Kier alpha value is -1.81. The molecular formula is C17H22FNO2. The zero-order valence-corrected chi connectivity index (χ0v) is 13.0. The van der Waals surface area contributed by atoms with Gasteiger partial charge < -0.3 is 14.5 Å². The Balaban J connectivity index is 1.96. The molecule has 114 valence electrons. The molecule has 0 radical (unpaired) electrons. The van der Waals surface area contributed by atoms with E-state index in [2.05, 4.69) is 26.1 Å². The van der Waals surface area contributed by atoms with E-state index in [1.54, 1.807) is 12.1 Å². The predicted molar refractivity (Wildman–Crippen MR) is 80.8 cm³/mol. The van der Waals surface area contributed by atoms with Gasteiger partial charge in [0.05, 0.1) is 6.54 Å². The van der Waals surface area contributed by atoms with E-state index in [-0.39, 0.29) is 11.4 Å². The van der Waals surface area contributed by atoms with Gasteiger partial charge in [0.15, 0.2) is 0 Å². The van der Waals surface area contributed by atoms with Crippen molar-refractivity contribution in [1.82, 2.24) is 5.32 Å². The molecule has 0 aliphatic carbocycles. The molecule has 1 N–H and O–H groups in total. The first-order valence-corrected chi connectivity index (χ1v) is 7.05. The summed E-state index contributed by atoms with van der Waals surface area (Å²) < 4.78 is 24.4. The minimum atomic E-state index is -0.300. The molecule has 1 heterocycles. The molecule has 21 heavy (non-hydrogen) atoms. The normalized spacial score (nSPS) is 11.7. The fourth-order valence-electron chi connectivity index (χ4n) is 1.89. The SMILES string of the molecule is Cc1oc(CNC(C)(C)C)cc1COc1cccc(F)c1. The van der Waals surface area contributed by atoms with E-state index in [4.69, 9.17) is 9.15 Å². The predicted octanol–water partition coefficient (Wildman–Crippen LogP) is 4.19. The number of furan rings is 1. The zero-order valence-electron chi connectivity index (χ0n) is 13.0. The van der Waals surface area contributed by atoms with E-state index in [1.807, 2.05) is 13.0 Å². The lowest BCUT2D eigenvalue weighted by Gasteiger charge is -2.19. The Morgan fingerprint density at radius 2 is 2.00 bits per heavy atom. The van der Waals surface area contributed by atoms with E-state index in [0.29, 0.717) is 18.9 Å². The molecule has 0 atom stereocenters. The summed E-state index contributed by atoms with van der Waals surface area (Å²) in [5.74, 6) is 1.92. The highest BCUT2D eigenvalue weighted by Crippen LogP contribution is 2.19. The van der Waals surface area contributed by atoms with Gasteiger partial charge in [0.25, 0.3) is 0 Å². The molecule has 2 rings (SSSR count). The van der Waals surface area contributed by atoms with Crippen molar-refractivity contribution in [3.8, 4) is 5.75 Å². The van der Waals surface area contributed by atoms with Gasteiger partial charge in [-0.1, -0.05) is 6.07 Å². The topological polar surface area (TPSA) is 34.4 Å². The van der Waals surface area contributed by atoms with Crippen molar-refractivity contribution in [1.29, 1.82) is 0 Å². The van der Waals surface area contributed by atoms with Gasteiger partial charge in [-0.05, 0) is 45.9 Å². The minimum absolute atomic E-state index is 0.0406. The van der Waals surface area contributed by atoms with E-state index in [9.17, 15) is 4.39 Å². The Labute approximate surface area is 125 Å². The third kappa shape index (κ3) is 4.90. The minimum Gasteiger partial charge on any atom is -0.489 e. The van der Waals surface area contributed by atoms with Crippen molar-refractivity contribution in [3.05, 3.63) is 53.2 Å². The maximum Gasteiger partial charge on any atom is 0.126 e. The van der Waals surface area contributed by atoms with Gasteiger partial charge in [0.1, 0.15) is 29.7 Å². The number of halogens is 1. The molecule has 0 unspecified atom stereocenters. The van der Waals surface area contributed by atoms with Crippen LogP contribution in [-0.2, 0) is 13.2 Å². The second-order valence-electron chi connectivity index (χ2n) is 6.14. The quantitative estimate of drug-likeness (QED) is 0.896. The van der Waals surface area contributed by atoms with Crippen molar-refractivity contribution >= 4 is 0 Å². The van der Waals surface area contributed by atoms with Crippen molar-refractivity contribution < 1.29 is 13.5 Å². The second kappa shape index (κ2) is 6.31. The first kappa shape index (κ1) is 15.6. The number of aryl methyl sites for hydroxylation is 1. The largest absolute Gasteiger partial charge is 0.489 e. The summed E-state index contributed by atoms with van der Waals surface area (Å²) in [7, 11) is 0. The van der Waals surface area contributed by atoms with Crippen molar-refractivity contribution in [2.75, 3.05) is 0 Å². The molecule has 0 aliphatic rings. The van der Waals surface area contributed by atoms with E-state index in [1.165, 1.54) is 12.1 Å². The number of nitrogens with one attached hydrogen (secondary N) is 1. The molecule has 1 aromatic heterocycles. The van der Waals surface area contributed by atoms with Crippen LogP contribution in [-0.4, -0.2) is 5.54 Å². The number of benzene rings is 1. The number of hydrogen-bond donors (Lipinski definition) is 1. The van der Waals surface area contributed by atoms with Gasteiger partial charge in [0, 0.05) is 17.2 Å². The van der Waals surface area contributed by atoms with E-state index >= 15 is 0 Å². The lowest BCUT2D eigenvalue weighted by atomic mass is 10.1. The molecule has 0 saturated heterocycles. The lowest BCUT2D eigenvalue weighted by Crippen LogP contribution is -2.34. The molecule has 1 aromatic carbocycles. The summed E-state index contributed by atoms with van der Waals surface area (Å²) in [5.41, 5.74) is 1.02. The van der Waals surface area contributed by atoms with Gasteiger partial charge >= 0.3 is 0 Å². The second-order valence-corrected chi connectivity index (χ2v) is 6.14. The van der Waals surface area contributed by atoms with E-state index < -0.39 is 0 Å². The van der Waals surface area contributed by atoms with Crippen LogP contribution in [0.5, 0.6) is 5.75 Å². The first-order chi connectivity index (χ1) is 9.83. The zero-order chi connectivity index (χ0) is 15.5. The molecule has 0 fully saturated rings. The van der Waals surface area contributed by atoms with E-state index in [0.717, 1.165) is 17.1 Å². The molecule has 0 bridgehead atoms. The van der Waals surface area contributed by atoms with Crippen LogP contribution >= 0.6 is 0 Å². The Morgan fingerprint density at radius 3 is 2.67 bits per heavy atom. The molecule has 4 heteroatoms. The van der Waals surface area contributed by atoms with Gasteiger partial charge in [-0.25, -0.2) is 4.39 Å². The summed E-state index contributed by atoms with van der Waals surface area (Å²) in [6.07, 6.45) is 0. The lowest BCUT2D eigenvalue weighted by molar-refractivity contribution is 0.301. The Morgan fingerprint density at radius 1 is 1.24 bits per heavy atom. The van der Waals surface area contributed by atoms with Gasteiger partial charge in [0.2, 0.25) is 0 Å². The number of ether oxygens (including phenoxy) is 1. The van der Waals surface area contributed by atoms with Crippen LogP contribution in [0.4, 0.5) is 4.39 Å². The highest BCUT2D eigenvalue weighted by Gasteiger charge is 2.12. The third-order valence-electron chi connectivity index (χ3n) is 3.05. The molecule has 2 aromatic rings. The summed E-state index contributed by atoms with van der Waals surface area (Å²) in [6.45, 7) is 9.27. The highest BCUT2D eigenvalue weighted by atomic mass is 19.1. The van der Waals surface area contributed by atoms with Crippen LogP contribution in [0.25, 0.3) is 0 Å². The molecule has 3 nitrogen and oxygen atoms in total. The molecular weight excluding hydrogens is 269 g/mol. The van der Waals surface area contributed by atoms with Crippen LogP contribution in [0, 0.1) is 12.7 Å². The third-order valence-corrected chi connectivity index (χ3v) is 3.05. The smallest absolute Gasteiger partial charge is 0.126 e. The summed E-state index contributed by atoms with van der Waals surface area (Å²) in [5, 5.41) is 3.38. The summed E-state index contributed by atoms with van der Waals surface area (Å²) >= 11 is 0. The summed E-state index contributed by atoms with van der Waals surface area (Å²) in [4.78, 5) is 0. The first-order valence-electron chi connectivity index (χ1n) is 7.05. The van der Waals surface area contributed by atoms with Crippen LogP contribution in [0.3, 0.4) is 0 Å². The van der Waals surface area contributed by atoms with Crippen molar-refractivity contribution in [3.63, 3.8) is 0 Å². The van der Waals surface area contributed by atoms with Gasteiger partial charge in [-0.3, -0.25) is 0 Å². The molecule has 0 aliphatic heterocycles. The van der Waals surface area contributed by atoms with Crippen molar-refractivity contribution in [2.45, 2.75) is 46.4 Å². The average molecular weight is 291 g/mol. The summed E-state index contributed by atoms with van der Waals surface area (Å²) in [6, 6.07) is 8.11. The average Bonchev–Trinajstić information content (AvgIpc) is 2.74. The molecule has 0 saturated carbocycles. The van der Waals surface area contributed by atoms with Gasteiger partial charge in [-0.2, -0.15) is 0 Å². The Kier molecular flexibility index (Phi) is 4.68.